The minimum Gasteiger partial charge on any atom is -0.350 e. The molecule has 15 heavy (non-hydrogen) atoms. The van der Waals surface area contributed by atoms with Gasteiger partial charge in [0.25, 0.3) is 0 Å². The number of amides is 1. The van der Waals surface area contributed by atoms with Crippen LogP contribution in [0.3, 0.4) is 0 Å². The molecule has 1 amide bonds. The van der Waals surface area contributed by atoms with Gasteiger partial charge >= 0.3 is 0 Å². The van der Waals surface area contributed by atoms with Crippen LogP contribution in [0, 0.1) is 0 Å². The highest BCUT2D eigenvalue weighted by Crippen LogP contribution is 2.29. The summed E-state index contributed by atoms with van der Waals surface area (Å²) in [7, 11) is 1.85. The number of hydrogen-bond acceptors (Lipinski definition) is 3. The lowest BCUT2D eigenvalue weighted by molar-refractivity contribution is -0.129. The zero-order chi connectivity index (χ0) is 10.9. The summed E-state index contributed by atoms with van der Waals surface area (Å²) in [5.41, 5.74) is 6.27. The van der Waals surface area contributed by atoms with Gasteiger partial charge in [0.1, 0.15) is 0 Å². The minimum absolute atomic E-state index is 0.0439. The predicted octanol–water partition coefficient (Wildman–Crippen LogP) is -0.0823. The van der Waals surface area contributed by atoms with Crippen LogP contribution in [0.2, 0.25) is 0 Å². The average molecular weight is 208 g/mol. The topological polar surface area (TPSA) is 72.9 Å². The first kappa shape index (κ1) is 10.2. The van der Waals surface area contributed by atoms with Crippen molar-refractivity contribution in [3.8, 4) is 0 Å². The van der Waals surface area contributed by atoms with Gasteiger partial charge in [-0.25, -0.2) is 0 Å². The lowest BCUT2D eigenvalue weighted by Crippen LogP contribution is -2.58. The summed E-state index contributed by atoms with van der Waals surface area (Å²) in [6.45, 7) is 0.506. The molecule has 0 unspecified atom stereocenters. The van der Waals surface area contributed by atoms with Gasteiger partial charge in [-0.1, -0.05) is 0 Å². The van der Waals surface area contributed by atoms with Crippen LogP contribution < -0.4 is 11.1 Å². The summed E-state index contributed by atoms with van der Waals surface area (Å²) in [5.74, 6) is -0.0439. The van der Waals surface area contributed by atoms with E-state index in [0.717, 1.165) is 24.8 Å². The van der Waals surface area contributed by atoms with E-state index < -0.39 is 5.54 Å². The molecule has 0 atom stereocenters. The zero-order valence-electron chi connectivity index (χ0n) is 8.86. The smallest absolute Gasteiger partial charge is 0.240 e. The van der Waals surface area contributed by atoms with E-state index in [1.54, 1.807) is 10.9 Å². The van der Waals surface area contributed by atoms with Crippen LogP contribution >= 0.6 is 0 Å². The molecule has 1 aliphatic rings. The Bertz CT molecular complexity index is 367. The minimum atomic E-state index is -0.609. The third kappa shape index (κ3) is 2.02. The molecular weight excluding hydrogens is 192 g/mol. The highest BCUT2D eigenvalue weighted by atomic mass is 16.2. The first-order valence-electron chi connectivity index (χ1n) is 5.15. The summed E-state index contributed by atoms with van der Waals surface area (Å²) in [5, 5.41) is 6.86. The Morgan fingerprint density at radius 3 is 2.93 bits per heavy atom. The van der Waals surface area contributed by atoms with E-state index in [0.29, 0.717) is 6.54 Å². The number of rotatable bonds is 3. The van der Waals surface area contributed by atoms with E-state index in [1.807, 2.05) is 13.2 Å². The fourth-order valence-electron chi connectivity index (χ4n) is 1.71. The molecule has 0 radical (unpaired) electrons. The third-order valence-electron chi connectivity index (χ3n) is 2.91. The summed E-state index contributed by atoms with van der Waals surface area (Å²) < 4.78 is 1.71. The van der Waals surface area contributed by atoms with Gasteiger partial charge in [-0.05, 0) is 19.3 Å². The van der Waals surface area contributed by atoms with Crippen molar-refractivity contribution in [3.05, 3.63) is 18.0 Å². The van der Waals surface area contributed by atoms with Crippen LogP contribution in [0.5, 0.6) is 0 Å². The highest BCUT2D eigenvalue weighted by Gasteiger charge is 2.39. The van der Waals surface area contributed by atoms with E-state index in [4.69, 9.17) is 5.73 Å². The Morgan fingerprint density at radius 1 is 1.73 bits per heavy atom. The molecule has 0 spiro atoms. The number of nitrogens with one attached hydrogen (secondary N) is 1. The van der Waals surface area contributed by atoms with Crippen molar-refractivity contribution in [2.24, 2.45) is 12.8 Å². The molecule has 0 saturated heterocycles. The van der Waals surface area contributed by atoms with Gasteiger partial charge in [0.2, 0.25) is 5.91 Å². The second-order valence-electron chi connectivity index (χ2n) is 4.21. The number of hydrogen-bond donors (Lipinski definition) is 2. The quantitative estimate of drug-likeness (QED) is 0.729. The summed E-state index contributed by atoms with van der Waals surface area (Å²) in [6, 6.07) is 0. The van der Waals surface area contributed by atoms with Crippen molar-refractivity contribution in [3.63, 3.8) is 0 Å². The van der Waals surface area contributed by atoms with Gasteiger partial charge in [0.05, 0.1) is 11.7 Å². The molecule has 3 N–H and O–H groups in total. The maximum atomic E-state index is 11.7. The number of carbonyl (C=O) groups is 1. The Balaban J connectivity index is 1.85. The molecule has 1 heterocycles. The molecular formula is C10H16N4O. The van der Waals surface area contributed by atoms with E-state index >= 15 is 0 Å². The van der Waals surface area contributed by atoms with Gasteiger partial charge in [-0.3, -0.25) is 9.48 Å². The monoisotopic (exact) mass is 208 g/mol. The van der Waals surface area contributed by atoms with Gasteiger partial charge < -0.3 is 11.1 Å². The number of nitrogens with zero attached hydrogens (tertiary/aromatic N) is 2. The lowest BCUT2D eigenvalue weighted by Gasteiger charge is -2.36. The van der Waals surface area contributed by atoms with Crippen molar-refractivity contribution in [1.29, 1.82) is 0 Å². The van der Waals surface area contributed by atoms with E-state index in [1.165, 1.54) is 0 Å². The van der Waals surface area contributed by atoms with E-state index in [-0.39, 0.29) is 5.91 Å². The average Bonchev–Trinajstić information content (AvgIpc) is 2.57. The maximum absolute atomic E-state index is 11.7. The highest BCUT2D eigenvalue weighted by molar-refractivity contribution is 5.86. The van der Waals surface area contributed by atoms with Crippen molar-refractivity contribution in [1.82, 2.24) is 15.1 Å². The second kappa shape index (κ2) is 3.66. The SMILES string of the molecule is Cn1cc(CNC(=O)C2(N)CCC2)cn1. The normalized spacial score (nSPS) is 18.3. The molecule has 0 aromatic carbocycles. The van der Waals surface area contributed by atoms with Gasteiger partial charge in [0.15, 0.2) is 0 Å². The molecule has 1 saturated carbocycles. The molecule has 0 bridgehead atoms. The van der Waals surface area contributed by atoms with Crippen LogP contribution in [0.1, 0.15) is 24.8 Å². The van der Waals surface area contributed by atoms with E-state index in [2.05, 4.69) is 10.4 Å². The second-order valence-corrected chi connectivity index (χ2v) is 4.21. The molecule has 1 aromatic rings. The number of carbonyl (C=O) groups excluding carboxylic acids is 1. The van der Waals surface area contributed by atoms with Crippen LogP contribution in [0.15, 0.2) is 12.4 Å². The molecule has 1 fully saturated rings. The van der Waals surface area contributed by atoms with Crippen molar-refractivity contribution >= 4 is 5.91 Å². The summed E-state index contributed by atoms with van der Waals surface area (Å²) in [6.07, 6.45) is 6.27. The molecule has 5 heteroatoms. The Kier molecular flexibility index (Phi) is 2.48. The summed E-state index contributed by atoms with van der Waals surface area (Å²) in [4.78, 5) is 11.7. The maximum Gasteiger partial charge on any atom is 0.240 e. The number of aromatic nitrogens is 2. The Labute approximate surface area is 88.6 Å². The summed E-state index contributed by atoms with van der Waals surface area (Å²) >= 11 is 0. The van der Waals surface area contributed by atoms with E-state index in [9.17, 15) is 4.79 Å². The first-order chi connectivity index (χ1) is 7.10. The Hall–Kier alpha value is -1.36. The molecule has 2 rings (SSSR count). The van der Waals surface area contributed by atoms with Crippen molar-refractivity contribution in [2.75, 3.05) is 0 Å². The zero-order valence-corrected chi connectivity index (χ0v) is 8.86. The third-order valence-corrected chi connectivity index (χ3v) is 2.91. The Morgan fingerprint density at radius 2 is 2.47 bits per heavy atom. The molecule has 1 aliphatic carbocycles. The fourth-order valence-corrected chi connectivity index (χ4v) is 1.71. The first-order valence-corrected chi connectivity index (χ1v) is 5.15. The molecule has 1 aromatic heterocycles. The van der Waals surface area contributed by atoms with Gasteiger partial charge in [-0.2, -0.15) is 5.10 Å². The van der Waals surface area contributed by atoms with Crippen molar-refractivity contribution in [2.45, 2.75) is 31.3 Å². The van der Waals surface area contributed by atoms with Crippen molar-refractivity contribution < 1.29 is 4.79 Å². The van der Waals surface area contributed by atoms with Crippen LogP contribution in [0.4, 0.5) is 0 Å². The predicted molar refractivity (Wildman–Crippen MR) is 55.8 cm³/mol. The lowest BCUT2D eigenvalue weighted by atomic mass is 9.77. The standard InChI is InChI=1S/C10H16N4O/c1-14-7-8(6-13-14)5-12-9(15)10(11)3-2-4-10/h6-7H,2-5,11H2,1H3,(H,12,15). The van der Waals surface area contributed by atoms with Gasteiger partial charge in [0, 0.05) is 25.4 Å². The number of aryl methyl sites for hydroxylation is 1. The van der Waals surface area contributed by atoms with Crippen LogP contribution in [-0.2, 0) is 18.4 Å². The number of nitrogens with two attached hydrogens (primary N) is 1. The fraction of sp³-hybridized carbons (Fsp3) is 0.600. The largest absolute Gasteiger partial charge is 0.350 e. The van der Waals surface area contributed by atoms with Gasteiger partial charge in [-0.15, -0.1) is 0 Å². The van der Waals surface area contributed by atoms with Crippen LogP contribution in [0.25, 0.3) is 0 Å². The molecule has 5 nitrogen and oxygen atoms in total. The molecule has 0 aliphatic heterocycles. The molecule has 82 valence electrons. The van der Waals surface area contributed by atoms with Crippen LogP contribution in [-0.4, -0.2) is 21.2 Å².